The Kier molecular flexibility index (Phi) is 5.64. The van der Waals surface area contributed by atoms with Crippen molar-refractivity contribution in [2.75, 3.05) is 31.3 Å². The van der Waals surface area contributed by atoms with Gasteiger partial charge in [0.05, 0.1) is 12.4 Å². The minimum absolute atomic E-state index is 0.147. The Morgan fingerprint density at radius 3 is 3.09 bits per heavy atom. The van der Waals surface area contributed by atoms with Gasteiger partial charge in [-0.15, -0.1) is 10.2 Å². The van der Waals surface area contributed by atoms with Gasteiger partial charge in [0.15, 0.2) is 10.1 Å². The van der Waals surface area contributed by atoms with Crippen molar-refractivity contribution in [1.82, 2.24) is 10.2 Å². The number of methoxy groups -OCH3 is 1. The number of Topliss-reactive ketones (excluding diaryl/α,β-unsaturated/α-hetero) is 1. The van der Waals surface area contributed by atoms with Crippen LogP contribution in [-0.2, 0) is 17.6 Å². The minimum atomic E-state index is 0.147. The molecule has 5 nitrogen and oxygen atoms in total. The molecular formula is C16H19N3O2S2. The lowest BCUT2D eigenvalue weighted by Crippen LogP contribution is -2.06. The highest BCUT2D eigenvalue weighted by Crippen LogP contribution is 2.27. The molecule has 0 unspecified atom stereocenters. The highest BCUT2D eigenvalue weighted by atomic mass is 32.2. The van der Waals surface area contributed by atoms with Crippen molar-refractivity contribution in [2.45, 2.75) is 23.6 Å². The summed E-state index contributed by atoms with van der Waals surface area (Å²) in [5.41, 5.74) is 3.53. The number of thioether (sulfide) groups is 1. The lowest BCUT2D eigenvalue weighted by atomic mass is 10.0. The fourth-order valence-electron chi connectivity index (χ4n) is 2.56. The zero-order valence-corrected chi connectivity index (χ0v) is 14.6. The Labute approximate surface area is 143 Å². The molecule has 0 amide bonds. The smallest absolute Gasteiger partial charge is 0.206 e. The number of nitrogens with zero attached hydrogens (tertiary/aromatic N) is 2. The summed E-state index contributed by atoms with van der Waals surface area (Å²) in [6, 6.07) is 6.11. The minimum Gasteiger partial charge on any atom is -0.383 e. The Balaban J connectivity index is 1.53. The standard InChI is InChI=1S/C16H19N3O2S2/c1-21-8-7-17-15-18-19-16(23-15)22-10-14(20)13-6-5-11-3-2-4-12(11)9-13/h5-6,9H,2-4,7-8,10H2,1H3,(H,17,18). The van der Waals surface area contributed by atoms with Gasteiger partial charge >= 0.3 is 0 Å². The van der Waals surface area contributed by atoms with Crippen LogP contribution in [0.2, 0.25) is 0 Å². The van der Waals surface area contributed by atoms with Gasteiger partial charge < -0.3 is 10.1 Å². The molecule has 0 fully saturated rings. The molecule has 0 atom stereocenters. The van der Waals surface area contributed by atoms with E-state index in [0.29, 0.717) is 18.9 Å². The van der Waals surface area contributed by atoms with Crippen LogP contribution in [0.4, 0.5) is 5.13 Å². The molecule has 1 aliphatic rings. The van der Waals surface area contributed by atoms with E-state index in [1.807, 2.05) is 6.07 Å². The number of ether oxygens (including phenoxy) is 1. The fraction of sp³-hybridized carbons (Fsp3) is 0.438. The highest BCUT2D eigenvalue weighted by Gasteiger charge is 2.15. The fourth-order valence-corrected chi connectivity index (χ4v) is 4.23. The number of ketones is 1. The molecule has 1 heterocycles. The topological polar surface area (TPSA) is 64.1 Å². The number of rotatable bonds is 8. The van der Waals surface area contributed by atoms with Crippen molar-refractivity contribution in [3.05, 3.63) is 34.9 Å². The molecule has 0 bridgehead atoms. The molecule has 0 saturated heterocycles. The van der Waals surface area contributed by atoms with E-state index < -0.39 is 0 Å². The summed E-state index contributed by atoms with van der Waals surface area (Å²) in [7, 11) is 1.66. The van der Waals surface area contributed by atoms with E-state index in [4.69, 9.17) is 4.74 Å². The molecule has 3 rings (SSSR count). The van der Waals surface area contributed by atoms with Crippen LogP contribution in [0.5, 0.6) is 0 Å². The molecule has 122 valence electrons. The third-order valence-corrected chi connectivity index (χ3v) is 5.75. The van der Waals surface area contributed by atoms with Gasteiger partial charge in [0, 0.05) is 19.2 Å². The first kappa shape index (κ1) is 16.4. The second-order valence-electron chi connectivity index (χ2n) is 5.34. The van der Waals surface area contributed by atoms with Crippen molar-refractivity contribution in [3.63, 3.8) is 0 Å². The molecule has 1 aromatic carbocycles. The number of aryl methyl sites for hydroxylation is 2. The lowest BCUT2D eigenvalue weighted by Gasteiger charge is -2.03. The van der Waals surface area contributed by atoms with Crippen molar-refractivity contribution in [3.8, 4) is 0 Å². The van der Waals surface area contributed by atoms with Gasteiger partial charge in [-0.2, -0.15) is 0 Å². The van der Waals surface area contributed by atoms with Crippen LogP contribution >= 0.6 is 23.1 Å². The Hall–Kier alpha value is -1.44. The van der Waals surface area contributed by atoms with E-state index in [1.54, 1.807) is 7.11 Å². The number of benzene rings is 1. The van der Waals surface area contributed by atoms with E-state index in [1.165, 1.54) is 40.6 Å². The summed E-state index contributed by atoms with van der Waals surface area (Å²) in [6.07, 6.45) is 3.43. The number of carbonyl (C=O) groups is 1. The zero-order valence-electron chi connectivity index (χ0n) is 13.0. The van der Waals surface area contributed by atoms with E-state index >= 15 is 0 Å². The Morgan fingerprint density at radius 2 is 2.22 bits per heavy atom. The van der Waals surface area contributed by atoms with Crippen LogP contribution in [0.25, 0.3) is 0 Å². The number of hydrogen-bond donors (Lipinski definition) is 1. The van der Waals surface area contributed by atoms with Crippen molar-refractivity contribution >= 4 is 34.0 Å². The second-order valence-corrected chi connectivity index (χ2v) is 7.54. The molecule has 0 saturated carbocycles. The van der Waals surface area contributed by atoms with Gasteiger partial charge in [0.1, 0.15) is 0 Å². The van der Waals surface area contributed by atoms with Crippen LogP contribution in [0, 0.1) is 0 Å². The number of fused-ring (bicyclic) bond motifs is 1. The SMILES string of the molecule is COCCNc1nnc(SCC(=O)c2ccc3c(c2)CCC3)s1. The normalized spacial score (nSPS) is 13.1. The monoisotopic (exact) mass is 349 g/mol. The van der Waals surface area contributed by atoms with Gasteiger partial charge in [-0.3, -0.25) is 4.79 Å². The Morgan fingerprint density at radius 1 is 1.35 bits per heavy atom. The molecule has 0 aliphatic heterocycles. The maximum absolute atomic E-state index is 12.3. The summed E-state index contributed by atoms with van der Waals surface area (Å²) in [4.78, 5) is 12.3. The highest BCUT2D eigenvalue weighted by molar-refractivity contribution is 8.01. The number of carbonyl (C=O) groups excluding carboxylic acids is 1. The number of hydrogen-bond acceptors (Lipinski definition) is 7. The molecule has 1 N–H and O–H groups in total. The molecule has 2 aromatic rings. The molecule has 1 aromatic heterocycles. The van der Waals surface area contributed by atoms with Gasteiger partial charge in [-0.1, -0.05) is 35.2 Å². The largest absolute Gasteiger partial charge is 0.383 e. The third kappa shape index (κ3) is 4.31. The maximum Gasteiger partial charge on any atom is 0.206 e. The van der Waals surface area contributed by atoms with Gasteiger partial charge in [0.2, 0.25) is 5.13 Å². The van der Waals surface area contributed by atoms with Crippen LogP contribution in [0.15, 0.2) is 22.5 Å². The predicted octanol–water partition coefficient (Wildman–Crippen LogP) is 3.06. The summed E-state index contributed by atoms with van der Waals surface area (Å²) in [6.45, 7) is 1.32. The van der Waals surface area contributed by atoms with Crippen LogP contribution in [-0.4, -0.2) is 42.0 Å². The summed E-state index contributed by atoms with van der Waals surface area (Å²) >= 11 is 2.90. The molecule has 0 radical (unpaired) electrons. The average Bonchev–Trinajstić information content (AvgIpc) is 3.21. The Bertz CT molecular complexity index is 688. The van der Waals surface area contributed by atoms with Gasteiger partial charge in [-0.05, 0) is 36.5 Å². The van der Waals surface area contributed by atoms with Crippen LogP contribution in [0.1, 0.15) is 27.9 Å². The van der Waals surface area contributed by atoms with Crippen molar-refractivity contribution in [2.24, 2.45) is 0 Å². The first-order valence-corrected chi connectivity index (χ1v) is 9.40. The van der Waals surface area contributed by atoms with Crippen molar-refractivity contribution in [1.29, 1.82) is 0 Å². The molecule has 0 spiro atoms. The third-order valence-electron chi connectivity index (χ3n) is 3.74. The average molecular weight is 349 g/mol. The summed E-state index contributed by atoms with van der Waals surface area (Å²) in [5, 5.41) is 12.0. The molecular weight excluding hydrogens is 330 g/mol. The summed E-state index contributed by atoms with van der Waals surface area (Å²) < 4.78 is 5.78. The number of anilines is 1. The first-order valence-electron chi connectivity index (χ1n) is 7.60. The molecule has 23 heavy (non-hydrogen) atoms. The number of nitrogens with one attached hydrogen (secondary N) is 1. The van der Waals surface area contributed by atoms with E-state index in [9.17, 15) is 4.79 Å². The molecule has 1 aliphatic carbocycles. The van der Waals surface area contributed by atoms with Crippen LogP contribution < -0.4 is 5.32 Å². The van der Waals surface area contributed by atoms with E-state index in [2.05, 4.69) is 27.6 Å². The quantitative estimate of drug-likeness (QED) is 0.449. The molecule has 7 heteroatoms. The van der Waals surface area contributed by atoms with Gasteiger partial charge in [-0.25, -0.2) is 0 Å². The van der Waals surface area contributed by atoms with E-state index in [0.717, 1.165) is 27.9 Å². The summed E-state index contributed by atoms with van der Waals surface area (Å²) in [5.74, 6) is 0.541. The van der Waals surface area contributed by atoms with Crippen LogP contribution in [0.3, 0.4) is 0 Å². The zero-order chi connectivity index (χ0) is 16.1. The maximum atomic E-state index is 12.3. The predicted molar refractivity (Wildman–Crippen MR) is 93.8 cm³/mol. The number of aromatic nitrogens is 2. The van der Waals surface area contributed by atoms with Crippen molar-refractivity contribution < 1.29 is 9.53 Å². The van der Waals surface area contributed by atoms with E-state index in [-0.39, 0.29) is 5.78 Å². The lowest BCUT2D eigenvalue weighted by molar-refractivity contribution is 0.102. The second kappa shape index (κ2) is 7.90. The van der Waals surface area contributed by atoms with Gasteiger partial charge in [0.25, 0.3) is 0 Å². The first-order chi connectivity index (χ1) is 11.3.